The molecule has 5 nitrogen and oxygen atoms in total. The van der Waals surface area contributed by atoms with E-state index in [0.29, 0.717) is 17.3 Å². The summed E-state index contributed by atoms with van der Waals surface area (Å²) >= 11 is 5.99. The first kappa shape index (κ1) is 16.3. The van der Waals surface area contributed by atoms with Crippen LogP contribution in [0.1, 0.15) is 19.4 Å². The fourth-order valence-corrected chi connectivity index (χ4v) is 1.88. The molecule has 1 aromatic carbocycles. The average Bonchev–Trinajstić information content (AvgIpc) is 2.40. The van der Waals surface area contributed by atoms with Crippen LogP contribution < -0.4 is 5.32 Å². The minimum absolute atomic E-state index is 0.164. The number of hydrogen-bond acceptors (Lipinski definition) is 2. The Morgan fingerprint density at radius 3 is 2.65 bits per heavy atom. The summed E-state index contributed by atoms with van der Waals surface area (Å²) in [5.74, 6) is -1.53. The molecule has 0 fully saturated rings. The molecular weight excluding hydrogens is 280 g/mol. The highest BCUT2D eigenvalue weighted by Gasteiger charge is 2.19. The monoisotopic (exact) mass is 298 g/mol. The first-order valence-electron chi connectivity index (χ1n) is 6.40. The van der Waals surface area contributed by atoms with E-state index in [9.17, 15) is 9.59 Å². The number of benzene rings is 1. The van der Waals surface area contributed by atoms with Gasteiger partial charge in [-0.3, -0.25) is 4.79 Å². The average molecular weight is 299 g/mol. The van der Waals surface area contributed by atoms with E-state index in [-0.39, 0.29) is 12.6 Å². The molecule has 0 saturated carbocycles. The summed E-state index contributed by atoms with van der Waals surface area (Å²) in [4.78, 5) is 24.5. The fraction of sp³-hybridized carbons (Fsp3) is 0.429. The Bertz CT molecular complexity index is 505. The predicted octanol–water partition coefficient (Wildman–Crippen LogP) is 3.22. The van der Waals surface area contributed by atoms with Crippen molar-refractivity contribution >= 4 is 29.3 Å². The molecule has 0 aliphatic rings. The Hall–Kier alpha value is -1.75. The van der Waals surface area contributed by atoms with Crippen molar-refractivity contribution in [2.45, 2.75) is 20.8 Å². The Morgan fingerprint density at radius 1 is 1.45 bits per heavy atom. The first-order chi connectivity index (χ1) is 9.36. The zero-order valence-corrected chi connectivity index (χ0v) is 12.6. The summed E-state index contributed by atoms with van der Waals surface area (Å²) in [7, 11) is 0. The zero-order valence-electron chi connectivity index (χ0n) is 11.8. The molecule has 0 bridgehead atoms. The van der Waals surface area contributed by atoms with Crippen LogP contribution in [0.2, 0.25) is 5.02 Å². The fourth-order valence-electron chi connectivity index (χ4n) is 1.70. The van der Waals surface area contributed by atoms with Gasteiger partial charge < -0.3 is 15.3 Å². The molecule has 6 heteroatoms. The summed E-state index contributed by atoms with van der Waals surface area (Å²) in [5, 5.41) is 12.2. The van der Waals surface area contributed by atoms with Crippen LogP contribution in [0.3, 0.4) is 0 Å². The van der Waals surface area contributed by atoms with Gasteiger partial charge in [-0.2, -0.15) is 0 Å². The van der Waals surface area contributed by atoms with E-state index in [0.717, 1.165) is 5.56 Å². The summed E-state index contributed by atoms with van der Waals surface area (Å²) in [6, 6.07) is 4.93. The van der Waals surface area contributed by atoms with Crippen LogP contribution in [0.25, 0.3) is 0 Å². The van der Waals surface area contributed by atoms with Crippen molar-refractivity contribution in [3.63, 3.8) is 0 Å². The van der Waals surface area contributed by atoms with Gasteiger partial charge in [0.2, 0.25) is 0 Å². The number of amides is 2. The van der Waals surface area contributed by atoms with Crippen molar-refractivity contribution < 1.29 is 14.7 Å². The lowest BCUT2D eigenvalue weighted by Gasteiger charge is -2.23. The smallest absolute Gasteiger partial charge is 0.321 e. The highest BCUT2D eigenvalue weighted by Crippen LogP contribution is 2.23. The second-order valence-corrected chi connectivity index (χ2v) is 5.03. The number of rotatable bonds is 5. The van der Waals surface area contributed by atoms with Gasteiger partial charge in [0.1, 0.15) is 0 Å². The Labute approximate surface area is 123 Å². The number of hydrogen-bond donors (Lipinski definition) is 2. The maximum Gasteiger partial charge on any atom is 0.321 e. The number of carbonyl (C=O) groups is 2. The van der Waals surface area contributed by atoms with Gasteiger partial charge in [-0.15, -0.1) is 0 Å². The molecule has 0 radical (unpaired) electrons. The standard InChI is InChI=1S/C14H19ClN2O3/c1-4-17(8-9(2)13(18)19)14(20)16-12-7-5-6-11(15)10(12)3/h5-7,9H,4,8H2,1-3H3,(H,16,20)(H,18,19). The molecule has 2 N–H and O–H groups in total. The third-order valence-corrected chi connectivity index (χ3v) is 3.50. The topological polar surface area (TPSA) is 69.6 Å². The Morgan fingerprint density at radius 2 is 2.10 bits per heavy atom. The molecule has 20 heavy (non-hydrogen) atoms. The molecule has 2 amide bonds. The number of carboxylic acid groups (broad SMARTS) is 1. The van der Waals surface area contributed by atoms with E-state index >= 15 is 0 Å². The highest BCUT2D eigenvalue weighted by atomic mass is 35.5. The van der Waals surface area contributed by atoms with E-state index in [2.05, 4.69) is 5.32 Å². The van der Waals surface area contributed by atoms with Gasteiger partial charge in [-0.25, -0.2) is 4.79 Å². The van der Waals surface area contributed by atoms with Crippen LogP contribution in [-0.2, 0) is 4.79 Å². The lowest BCUT2D eigenvalue weighted by Crippen LogP contribution is -2.39. The van der Waals surface area contributed by atoms with Crippen molar-refractivity contribution in [2.75, 3.05) is 18.4 Å². The van der Waals surface area contributed by atoms with E-state index in [1.165, 1.54) is 4.90 Å². The molecule has 0 aromatic heterocycles. The maximum atomic E-state index is 12.1. The SMILES string of the molecule is CCN(CC(C)C(=O)O)C(=O)Nc1cccc(Cl)c1C. The number of carbonyl (C=O) groups excluding carboxylic acids is 1. The van der Waals surface area contributed by atoms with Gasteiger partial charge in [0.15, 0.2) is 0 Å². The first-order valence-corrected chi connectivity index (χ1v) is 6.78. The van der Waals surface area contributed by atoms with Crippen molar-refractivity contribution in [3.8, 4) is 0 Å². The number of halogens is 1. The van der Waals surface area contributed by atoms with Crippen LogP contribution in [0.4, 0.5) is 10.5 Å². The molecule has 1 unspecified atom stereocenters. The summed E-state index contributed by atoms with van der Waals surface area (Å²) in [6.07, 6.45) is 0. The molecule has 1 atom stereocenters. The molecule has 0 spiro atoms. The van der Waals surface area contributed by atoms with Crippen molar-refractivity contribution in [2.24, 2.45) is 5.92 Å². The third-order valence-electron chi connectivity index (χ3n) is 3.09. The molecule has 0 aliphatic carbocycles. The van der Waals surface area contributed by atoms with Crippen LogP contribution in [-0.4, -0.2) is 35.1 Å². The minimum atomic E-state index is -0.921. The molecule has 110 valence electrons. The summed E-state index contributed by atoms with van der Waals surface area (Å²) in [5.41, 5.74) is 1.41. The van der Waals surface area contributed by atoms with Crippen LogP contribution in [0.5, 0.6) is 0 Å². The molecular formula is C14H19ClN2O3. The van der Waals surface area contributed by atoms with Gasteiger partial charge in [-0.05, 0) is 31.5 Å². The van der Waals surface area contributed by atoms with Crippen LogP contribution in [0.15, 0.2) is 18.2 Å². The molecule has 1 rings (SSSR count). The van der Waals surface area contributed by atoms with Crippen molar-refractivity contribution in [1.82, 2.24) is 4.90 Å². The van der Waals surface area contributed by atoms with E-state index in [1.54, 1.807) is 32.0 Å². The normalized spacial score (nSPS) is 11.8. The third kappa shape index (κ3) is 4.13. The van der Waals surface area contributed by atoms with E-state index in [4.69, 9.17) is 16.7 Å². The molecule has 0 saturated heterocycles. The molecule has 1 aromatic rings. The van der Waals surface area contributed by atoms with Gasteiger partial charge >= 0.3 is 12.0 Å². The van der Waals surface area contributed by atoms with Crippen molar-refractivity contribution in [1.29, 1.82) is 0 Å². The van der Waals surface area contributed by atoms with Gasteiger partial charge in [-0.1, -0.05) is 24.6 Å². The number of carboxylic acids is 1. The number of urea groups is 1. The second-order valence-electron chi connectivity index (χ2n) is 4.62. The van der Waals surface area contributed by atoms with Crippen LogP contribution in [0, 0.1) is 12.8 Å². The second kappa shape index (κ2) is 7.14. The number of nitrogens with zero attached hydrogens (tertiary/aromatic N) is 1. The summed E-state index contributed by atoms with van der Waals surface area (Å²) < 4.78 is 0. The lowest BCUT2D eigenvalue weighted by molar-refractivity contribution is -0.141. The highest BCUT2D eigenvalue weighted by molar-refractivity contribution is 6.31. The Balaban J connectivity index is 2.77. The van der Waals surface area contributed by atoms with Gasteiger partial charge in [0.25, 0.3) is 0 Å². The number of nitrogens with one attached hydrogen (secondary N) is 1. The maximum absolute atomic E-state index is 12.1. The number of anilines is 1. The zero-order chi connectivity index (χ0) is 15.3. The van der Waals surface area contributed by atoms with E-state index in [1.807, 2.05) is 6.92 Å². The largest absolute Gasteiger partial charge is 0.481 e. The predicted molar refractivity (Wildman–Crippen MR) is 79.3 cm³/mol. The Kier molecular flexibility index (Phi) is 5.82. The number of aliphatic carboxylic acids is 1. The quantitative estimate of drug-likeness (QED) is 0.877. The molecule has 0 aliphatic heterocycles. The van der Waals surface area contributed by atoms with Gasteiger partial charge in [0.05, 0.1) is 5.92 Å². The summed E-state index contributed by atoms with van der Waals surface area (Å²) in [6.45, 7) is 5.79. The minimum Gasteiger partial charge on any atom is -0.481 e. The lowest BCUT2D eigenvalue weighted by atomic mass is 10.1. The van der Waals surface area contributed by atoms with E-state index < -0.39 is 11.9 Å². The van der Waals surface area contributed by atoms with Gasteiger partial charge in [0, 0.05) is 23.8 Å². The van der Waals surface area contributed by atoms with Crippen molar-refractivity contribution in [3.05, 3.63) is 28.8 Å². The van der Waals surface area contributed by atoms with Crippen LogP contribution >= 0.6 is 11.6 Å². The molecule has 0 heterocycles.